The number of nitrogens with zero attached hydrogens (tertiary/aromatic N) is 3. The van der Waals surface area contributed by atoms with Crippen molar-refractivity contribution in [2.75, 3.05) is 25.0 Å². The van der Waals surface area contributed by atoms with E-state index in [1.807, 2.05) is 19.4 Å². The molecule has 17 heavy (non-hydrogen) atoms. The van der Waals surface area contributed by atoms with E-state index in [-0.39, 0.29) is 0 Å². The van der Waals surface area contributed by atoms with Crippen molar-refractivity contribution < 1.29 is 0 Å². The van der Waals surface area contributed by atoms with Gasteiger partial charge in [-0.2, -0.15) is 0 Å². The van der Waals surface area contributed by atoms with Gasteiger partial charge in [0.2, 0.25) is 5.95 Å². The molecule has 1 aromatic heterocycles. The molecule has 0 amide bonds. The van der Waals surface area contributed by atoms with E-state index in [1.165, 1.54) is 25.7 Å². The van der Waals surface area contributed by atoms with Crippen molar-refractivity contribution >= 4 is 28.5 Å². The third-order valence-electron chi connectivity index (χ3n) is 3.22. The fourth-order valence-electron chi connectivity index (χ4n) is 2.33. The maximum Gasteiger partial charge on any atom is 0.225 e. The highest BCUT2D eigenvalue weighted by molar-refractivity contribution is 14.1. The van der Waals surface area contributed by atoms with Crippen molar-refractivity contribution in [3.05, 3.63) is 16.0 Å². The van der Waals surface area contributed by atoms with E-state index in [1.54, 1.807) is 0 Å². The molecule has 1 aromatic rings. The number of hydrogen-bond donors (Lipinski definition) is 1. The first-order valence-corrected chi connectivity index (χ1v) is 7.28. The second-order valence-electron chi connectivity index (χ2n) is 4.44. The van der Waals surface area contributed by atoms with Gasteiger partial charge in [-0.05, 0) is 61.9 Å². The average Bonchev–Trinajstić information content (AvgIpc) is 2.38. The minimum absolute atomic E-state index is 0.594. The summed E-state index contributed by atoms with van der Waals surface area (Å²) in [6.07, 6.45) is 8.81. The zero-order valence-electron chi connectivity index (χ0n) is 10.2. The Balaban J connectivity index is 2.07. The zero-order valence-corrected chi connectivity index (χ0v) is 12.4. The van der Waals surface area contributed by atoms with Crippen LogP contribution in [0.4, 0.5) is 5.95 Å². The van der Waals surface area contributed by atoms with E-state index >= 15 is 0 Å². The molecule has 0 radical (unpaired) electrons. The predicted molar refractivity (Wildman–Crippen MR) is 78.3 cm³/mol. The molecule has 94 valence electrons. The fourth-order valence-corrected chi connectivity index (χ4v) is 2.61. The van der Waals surface area contributed by atoms with Gasteiger partial charge in [-0.3, -0.25) is 0 Å². The van der Waals surface area contributed by atoms with E-state index in [9.17, 15) is 0 Å². The molecule has 1 aliphatic heterocycles. The summed E-state index contributed by atoms with van der Waals surface area (Å²) in [4.78, 5) is 11.3. The average molecular weight is 346 g/mol. The molecule has 0 bridgehead atoms. The summed E-state index contributed by atoms with van der Waals surface area (Å²) in [5.41, 5.74) is 0. The number of aromatic nitrogens is 2. The molecule has 1 aliphatic rings. The second-order valence-corrected chi connectivity index (χ2v) is 5.68. The Morgan fingerprint density at radius 1 is 1.41 bits per heavy atom. The van der Waals surface area contributed by atoms with Gasteiger partial charge in [0.15, 0.2) is 0 Å². The maximum absolute atomic E-state index is 4.45. The number of hydrogen-bond acceptors (Lipinski definition) is 4. The van der Waals surface area contributed by atoms with Crippen molar-refractivity contribution in [3.8, 4) is 0 Å². The monoisotopic (exact) mass is 346 g/mol. The van der Waals surface area contributed by atoms with Gasteiger partial charge in [0.1, 0.15) is 0 Å². The minimum Gasteiger partial charge on any atom is -0.338 e. The first kappa shape index (κ1) is 13.0. The summed E-state index contributed by atoms with van der Waals surface area (Å²) in [7, 11) is 2.01. The molecule has 1 saturated heterocycles. The summed E-state index contributed by atoms with van der Waals surface area (Å²) in [6, 6.07) is 0.594. The molecule has 1 atom stereocenters. The van der Waals surface area contributed by atoms with Crippen LogP contribution >= 0.6 is 22.6 Å². The van der Waals surface area contributed by atoms with E-state index in [0.29, 0.717) is 6.04 Å². The van der Waals surface area contributed by atoms with Gasteiger partial charge >= 0.3 is 0 Å². The largest absolute Gasteiger partial charge is 0.338 e. The minimum atomic E-state index is 0.594. The van der Waals surface area contributed by atoms with Gasteiger partial charge < -0.3 is 10.2 Å². The maximum atomic E-state index is 4.45. The van der Waals surface area contributed by atoms with Crippen LogP contribution in [-0.4, -0.2) is 36.1 Å². The highest BCUT2D eigenvalue weighted by Crippen LogP contribution is 2.23. The topological polar surface area (TPSA) is 41.0 Å². The quantitative estimate of drug-likeness (QED) is 0.848. The summed E-state index contributed by atoms with van der Waals surface area (Å²) >= 11 is 2.24. The third-order valence-corrected chi connectivity index (χ3v) is 3.78. The van der Waals surface area contributed by atoms with Crippen LogP contribution in [-0.2, 0) is 0 Å². The molecule has 0 aromatic carbocycles. The van der Waals surface area contributed by atoms with Crippen LogP contribution in [0.1, 0.15) is 25.7 Å². The molecule has 0 aliphatic carbocycles. The molecule has 0 spiro atoms. The van der Waals surface area contributed by atoms with Crippen molar-refractivity contribution in [1.82, 2.24) is 15.3 Å². The van der Waals surface area contributed by atoms with Crippen LogP contribution in [0.25, 0.3) is 0 Å². The highest BCUT2D eigenvalue weighted by atomic mass is 127. The Bertz CT molecular complexity index is 341. The summed E-state index contributed by atoms with van der Waals surface area (Å²) < 4.78 is 1.09. The molecule has 2 rings (SSSR count). The first-order chi connectivity index (χ1) is 8.31. The van der Waals surface area contributed by atoms with E-state index in [2.05, 4.69) is 42.8 Å². The van der Waals surface area contributed by atoms with Crippen molar-refractivity contribution in [1.29, 1.82) is 0 Å². The summed E-state index contributed by atoms with van der Waals surface area (Å²) in [5.74, 6) is 0.895. The van der Waals surface area contributed by atoms with E-state index in [0.717, 1.165) is 22.6 Å². The standard InChI is InChI=1S/C12H19IN4/c1-14-6-5-11-4-2-3-7-17(11)12-15-8-10(13)9-16-12/h8-9,11,14H,2-7H2,1H3. The van der Waals surface area contributed by atoms with Crippen molar-refractivity contribution in [3.63, 3.8) is 0 Å². The van der Waals surface area contributed by atoms with E-state index < -0.39 is 0 Å². The zero-order chi connectivity index (χ0) is 12.1. The fraction of sp³-hybridized carbons (Fsp3) is 0.667. The van der Waals surface area contributed by atoms with Gasteiger partial charge in [0.25, 0.3) is 0 Å². The van der Waals surface area contributed by atoms with Gasteiger partial charge in [-0.25, -0.2) is 9.97 Å². The lowest BCUT2D eigenvalue weighted by molar-refractivity contribution is 0.427. The number of piperidine rings is 1. The summed E-state index contributed by atoms with van der Waals surface area (Å²) in [5, 5.41) is 3.23. The summed E-state index contributed by atoms with van der Waals surface area (Å²) in [6.45, 7) is 2.15. The molecule has 2 heterocycles. The number of anilines is 1. The number of rotatable bonds is 4. The molecule has 1 unspecified atom stereocenters. The molecular formula is C12H19IN4. The van der Waals surface area contributed by atoms with Crippen molar-refractivity contribution in [2.45, 2.75) is 31.7 Å². The molecule has 4 nitrogen and oxygen atoms in total. The second kappa shape index (κ2) is 6.49. The van der Waals surface area contributed by atoms with Gasteiger partial charge in [-0.1, -0.05) is 0 Å². The van der Waals surface area contributed by atoms with Crippen LogP contribution in [0, 0.1) is 3.57 Å². The number of halogens is 1. The molecule has 1 fully saturated rings. The Kier molecular flexibility index (Phi) is 4.97. The van der Waals surface area contributed by atoms with Crippen LogP contribution < -0.4 is 10.2 Å². The van der Waals surface area contributed by atoms with Gasteiger partial charge in [0, 0.05) is 28.6 Å². The lowest BCUT2D eigenvalue weighted by atomic mass is 10.00. The highest BCUT2D eigenvalue weighted by Gasteiger charge is 2.23. The van der Waals surface area contributed by atoms with E-state index in [4.69, 9.17) is 0 Å². The molecular weight excluding hydrogens is 327 g/mol. The number of nitrogens with one attached hydrogen (secondary N) is 1. The normalized spacial score (nSPS) is 20.6. The molecule has 0 saturated carbocycles. The SMILES string of the molecule is CNCCC1CCCCN1c1ncc(I)cn1. The molecule has 5 heteroatoms. The first-order valence-electron chi connectivity index (χ1n) is 6.20. The smallest absolute Gasteiger partial charge is 0.225 e. The van der Waals surface area contributed by atoms with Crippen LogP contribution in [0.3, 0.4) is 0 Å². The van der Waals surface area contributed by atoms with Crippen LogP contribution in [0.2, 0.25) is 0 Å². The Hall–Kier alpha value is -0.430. The lowest BCUT2D eigenvalue weighted by Gasteiger charge is -2.35. The Labute approximate surface area is 116 Å². The third kappa shape index (κ3) is 3.51. The predicted octanol–water partition coefficient (Wildman–Crippen LogP) is 2.05. The lowest BCUT2D eigenvalue weighted by Crippen LogP contribution is -2.42. The van der Waals surface area contributed by atoms with Crippen LogP contribution in [0.5, 0.6) is 0 Å². The van der Waals surface area contributed by atoms with Crippen molar-refractivity contribution in [2.24, 2.45) is 0 Å². The molecule has 1 N–H and O–H groups in total. The van der Waals surface area contributed by atoms with Gasteiger partial charge in [0.05, 0.1) is 0 Å². The Morgan fingerprint density at radius 3 is 2.88 bits per heavy atom. The van der Waals surface area contributed by atoms with Gasteiger partial charge in [-0.15, -0.1) is 0 Å². The Morgan fingerprint density at radius 2 is 2.18 bits per heavy atom. The van der Waals surface area contributed by atoms with Crippen LogP contribution in [0.15, 0.2) is 12.4 Å².